The molecule has 0 spiro atoms. The van der Waals surface area contributed by atoms with Gasteiger partial charge in [-0.15, -0.1) is 0 Å². The molecule has 0 aromatic carbocycles. The second-order valence-electron chi connectivity index (χ2n) is 3.65. The molecule has 1 aliphatic rings. The van der Waals surface area contributed by atoms with E-state index >= 15 is 0 Å². The molecule has 1 aliphatic heterocycles. The van der Waals surface area contributed by atoms with E-state index in [0.717, 1.165) is 25.4 Å². The molecule has 0 aliphatic carbocycles. The molecule has 1 N–H and O–H groups in total. The lowest BCUT2D eigenvalue weighted by Crippen LogP contribution is -2.16. The van der Waals surface area contributed by atoms with Crippen molar-refractivity contribution in [1.29, 1.82) is 0 Å². The third-order valence-corrected chi connectivity index (χ3v) is 2.38. The lowest BCUT2D eigenvalue weighted by Gasteiger charge is -2.08. The second kappa shape index (κ2) is 4.37. The maximum absolute atomic E-state index is 5.51. The maximum atomic E-state index is 5.51. The fraction of sp³-hybridized carbons (Fsp3) is 0.600. The van der Waals surface area contributed by atoms with E-state index in [-0.39, 0.29) is 0 Å². The Bertz CT molecular complexity index is 297. The van der Waals surface area contributed by atoms with Gasteiger partial charge >= 0.3 is 6.01 Å². The van der Waals surface area contributed by atoms with Crippen molar-refractivity contribution >= 4 is 0 Å². The molecule has 0 unspecified atom stereocenters. The molecule has 1 fully saturated rings. The molecule has 2 rings (SSSR count). The van der Waals surface area contributed by atoms with Crippen molar-refractivity contribution in [2.45, 2.75) is 13.3 Å². The molecule has 4 nitrogen and oxygen atoms in total. The third kappa shape index (κ3) is 2.42. The molecular weight excluding hydrogens is 178 g/mol. The summed E-state index contributed by atoms with van der Waals surface area (Å²) < 4.78 is 5.51. The normalized spacial score (nSPS) is 21.1. The minimum absolute atomic E-state index is 0.497. The largest absolute Gasteiger partial charge is 0.463 e. The summed E-state index contributed by atoms with van der Waals surface area (Å²) in [4.78, 5) is 8.23. The Labute approximate surface area is 83.7 Å². The van der Waals surface area contributed by atoms with Gasteiger partial charge in [0.1, 0.15) is 0 Å². The topological polar surface area (TPSA) is 47.0 Å². The highest BCUT2D eigenvalue weighted by molar-refractivity contribution is 5.03. The van der Waals surface area contributed by atoms with E-state index in [1.807, 2.05) is 13.0 Å². The lowest BCUT2D eigenvalue weighted by atomic mass is 10.1. The van der Waals surface area contributed by atoms with Crippen LogP contribution in [-0.4, -0.2) is 29.7 Å². The van der Waals surface area contributed by atoms with Gasteiger partial charge in [0.05, 0.1) is 6.61 Å². The Balaban J connectivity index is 1.85. The molecule has 1 saturated heterocycles. The van der Waals surface area contributed by atoms with Crippen LogP contribution in [0.1, 0.15) is 12.1 Å². The van der Waals surface area contributed by atoms with Crippen molar-refractivity contribution in [1.82, 2.24) is 15.3 Å². The van der Waals surface area contributed by atoms with Crippen LogP contribution in [0.15, 0.2) is 12.3 Å². The quantitative estimate of drug-likeness (QED) is 0.770. The molecule has 2 heterocycles. The van der Waals surface area contributed by atoms with Gasteiger partial charge in [-0.3, -0.25) is 0 Å². The van der Waals surface area contributed by atoms with Crippen molar-refractivity contribution in [2.75, 3.05) is 19.7 Å². The number of rotatable bonds is 3. The number of hydrogen-bond donors (Lipinski definition) is 1. The van der Waals surface area contributed by atoms with Crippen LogP contribution in [0.2, 0.25) is 0 Å². The molecule has 0 saturated carbocycles. The summed E-state index contributed by atoms with van der Waals surface area (Å²) in [5.74, 6) is 0.610. The lowest BCUT2D eigenvalue weighted by molar-refractivity contribution is 0.241. The highest BCUT2D eigenvalue weighted by Crippen LogP contribution is 2.09. The van der Waals surface area contributed by atoms with Gasteiger partial charge in [-0.25, -0.2) is 9.97 Å². The van der Waals surface area contributed by atoms with Gasteiger partial charge in [0.15, 0.2) is 0 Å². The van der Waals surface area contributed by atoms with Crippen molar-refractivity contribution in [2.24, 2.45) is 5.92 Å². The molecular formula is C10H15N3O. The standard InChI is InChI=1S/C10H15N3O/c1-8-2-5-12-10(13-8)14-7-9-3-4-11-6-9/h2,5,9,11H,3-4,6-7H2,1H3/t9-/m0/s1. The zero-order valence-electron chi connectivity index (χ0n) is 8.36. The van der Waals surface area contributed by atoms with Crippen LogP contribution >= 0.6 is 0 Å². The van der Waals surface area contributed by atoms with Crippen LogP contribution in [0.3, 0.4) is 0 Å². The molecule has 0 radical (unpaired) electrons. The Morgan fingerprint density at radius 1 is 1.64 bits per heavy atom. The average molecular weight is 193 g/mol. The van der Waals surface area contributed by atoms with E-state index in [1.54, 1.807) is 6.20 Å². The van der Waals surface area contributed by atoms with Gasteiger partial charge < -0.3 is 10.1 Å². The molecule has 1 aromatic heterocycles. The summed E-state index contributed by atoms with van der Waals surface area (Å²) in [6, 6.07) is 2.36. The smallest absolute Gasteiger partial charge is 0.316 e. The van der Waals surface area contributed by atoms with E-state index in [0.29, 0.717) is 11.9 Å². The Morgan fingerprint density at radius 3 is 3.29 bits per heavy atom. The number of aromatic nitrogens is 2. The zero-order valence-corrected chi connectivity index (χ0v) is 8.36. The number of hydrogen-bond acceptors (Lipinski definition) is 4. The van der Waals surface area contributed by atoms with E-state index < -0.39 is 0 Å². The molecule has 4 heteroatoms. The van der Waals surface area contributed by atoms with Gasteiger partial charge in [0.25, 0.3) is 0 Å². The highest BCUT2D eigenvalue weighted by atomic mass is 16.5. The molecule has 76 valence electrons. The number of ether oxygens (including phenoxy) is 1. The number of nitrogens with one attached hydrogen (secondary N) is 1. The van der Waals surface area contributed by atoms with E-state index in [4.69, 9.17) is 4.74 Å². The maximum Gasteiger partial charge on any atom is 0.316 e. The molecule has 1 atom stereocenters. The van der Waals surface area contributed by atoms with Crippen LogP contribution in [-0.2, 0) is 0 Å². The van der Waals surface area contributed by atoms with Crippen molar-refractivity contribution in [3.63, 3.8) is 0 Å². The SMILES string of the molecule is Cc1ccnc(OC[C@H]2CCNC2)n1. The molecule has 1 aromatic rings. The monoisotopic (exact) mass is 193 g/mol. The first-order chi connectivity index (χ1) is 6.84. The average Bonchev–Trinajstić information content (AvgIpc) is 2.67. The van der Waals surface area contributed by atoms with Crippen LogP contribution in [0, 0.1) is 12.8 Å². The minimum atomic E-state index is 0.497. The summed E-state index contributed by atoms with van der Waals surface area (Å²) in [6.45, 7) is 4.80. The predicted molar refractivity (Wildman–Crippen MR) is 53.2 cm³/mol. The first kappa shape index (κ1) is 9.40. The van der Waals surface area contributed by atoms with Gasteiger partial charge in [0, 0.05) is 24.4 Å². The summed E-state index contributed by atoms with van der Waals surface area (Å²) in [6.07, 6.45) is 2.91. The van der Waals surface area contributed by atoms with Crippen LogP contribution < -0.4 is 10.1 Å². The van der Waals surface area contributed by atoms with Gasteiger partial charge in [0.2, 0.25) is 0 Å². The number of nitrogens with zero attached hydrogens (tertiary/aromatic N) is 2. The molecule has 0 amide bonds. The fourth-order valence-corrected chi connectivity index (χ4v) is 1.54. The fourth-order valence-electron chi connectivity index (χ4n) is 1.54. The summed E-state index contributed by atoms with van der Waals surface area (Å²) in [5.41, 5.74) is 0.944. The molecule has 0 bridgehead atoms. The van der Waals surface area contributed by atoms with Crippen LogP contribution in [0.5, 0.6) is 6.01 Å². The third-order valence-electron chi connectivity index (χ3n) is 2.38. The second-order valence-corrected chi connectivity index (χ2v) is 3.65. The van der Waals surface area contributed by atoms with Crippen molar-refractivity contribution in [3.05, 3.63) is 18.0 Å². The van der Waals surface area contributed by atoms with E-state index in [2.05, 4.69) is 15.3 Å². The first-order valence-electron chi connectivity index (χ1n) is 4.98. The van der Waals surface area contributed by atoms with Crippen molar-refractivity contribution < 1.29 is 4.74 Å². The minimum Gasteiger partial charge on any atom is -0.463 e. The van der Waals surface area contributed by atoms with Gasteiger partial charge in [-0.05, 0) is 26.0 Å². The van der Waals surface area contributed by atoms with E-state index in [9.17, 15) is 0 Å². The number of aryl methyl sites for hydroxylation is 1. The zero-order chi connectivity index (χ0) is 9.80. The predicted octanol–water partition coefficient (Wildman–Crippen LogP) is 0.773. The first-order valence-corrected chi connectivity index (χ1v) is 4.98. The van der Waals surface area contributed by atoms with Crippen molar-refractivity contribution in [3.8, 4) is 6.01 Å². The van der Waals surface area contributed by atoms with Crippen LogP contribution in [0.4, 0.5) is 0 Å². The van der Waals surface area contributed by atoms with E-state index in [1.165, 1.54) is 6.42 Å². The Hall–Kier alpha value is -1.16. The summed E-state index contributed by atoms with van der Waals surface area (Å²) in [5, 5.41) is 3.30. The van der Waals surface area contributed by atoms with Gasteiger partial charge in [-0.1, -0.05) is 0 Å². The Kier molecular flexibility index (Phi) is 2.93. The summed E-state index contributed by atoms with van der Waals surface area (Å²) >= 11 is 0. The molecule has 14 heavy (non-hydrogen) atoms. The Morgan fingerprint density at radius 2 is 2.57 bits per heavy atom. The van der Waals surface area contributed by atoms with Crippen LogP contribution in [0.25, 0.3) is 0 Å². The van der Waals surface area contributed by atoms with Gasteiger partial charge in [-0.2, -0.15) is 0 Å². The summed E-state index contributed by atoms with van der Waals surface area (Å²) in [7, 11) is 0. The highest BCUT2D eigenvalue weighted by Gasteiger charge is 2.15.